The molecule has 0 bridgehead atoms. The average molecular weight is 391 g/mol. The number of ether oxygens (including phenoxy) is 1. The lowest BCUT2D eigenvalue weighted by atomic mass is 10.1. The van der Waals surface area contributed by atoms with Gasteiger partial charge in [-0.05, 0) is 28.5 Å². The molecule has 0 radical (unpaired) electrons. The van der Waals surface area contributed by atoms with Gasteiger partial charge in [0.15, 0.2) is 12.4 Å². The van der Waals surface area contributed by atoms with Crippen molar-refractivity contribution < 1.29 is 23.8 Å². The Hall–Kier alpha value is -2.88. The highest BCUT2D eigenvalue weighted by atomic mass is 19.1. The molecule has 0 aliphatic carbocycles. The van der Waals surface area contributed by atoms with E-state index in [0.29, 0.717) is 12.4 Å². The zero-order valence-corrected chi connectivity index (χ0v) is 15.5. The summed E-state index contributed by atoms with van der Waals surface area (Å²) in [5.74, 6) is -1.18. The summed E-state index contributed by atoms with van der Waals surface area (Å²) in [6.45, 7) is 2.43. The number of likely N-dealkylation sites (tertiary alicyclic amines) is 1. The Balaban J connectivity index is 1.64. The monoisotopic (exact) mass is 391 g/mol. The van der Waals surface area contributed by atoms with Gasteiger partial charge in [0, 0.05) is 19.5 Å². The third kappa shape index (κ3) is 4.50. The maximum absolute atomic E-state index is 13.8. The van der Waals surface area contributed by atoms with Crippen molar-refractivity contribution in [2.45, 2.75) is 51.5 Å². The fourth-order valence-corrected chi connectivity index (χ4v) is 3.16. The highest BCUT2D eigenvalue weighted by molar-refractivity contribution is 5.86. The number of aliphatic hydroxyl groups is 1. The van der Waals surface area contributed by atoms with Crippen molar-refractivity contribution in [3.05, 3.63) is 41.5 Å². The van der Waals surface area contributed by atoms with Crippen molar-refractivity contribution in [1.29, 1.82) is 0 Å². The molecule has 2 unspecified atom stereocenters. The lowest BCUT2D eigenvalue weighted by Gasteiger charge is -2.23. The van der Waals surface area contributed by atoms with Crippen molar-refractivity contribution in [3.63, 3.8) is 0 Å². The zero-order chi connectivity index (χ0) is 20.1. The molecule has 3 rings (SSSR count). The number of hydrogen-bond acceptors (Lipinski definition) is 7. The predicted molar refractivity (Wildman–Crippen MR) is 94.1 cm³/mol. The first-order valence-corrected chi connectivity index (χ1v) is 9.12. The van der Waals surface area contributed by atoms with Crippen LogP contribution in [0.5, 0.6) is 0 Å². The number of β-amino-alcohol motifs (C(OH)–C–C–N with tert-alkyl or cyclic N) is 1. The van der Waals surface area contributed by atoms with Crippen LogP contribution in [0, 0.1) is 5.82 Å². The Labute approximate surface area is 161 Å². The minimum atomic E-state index is -0.926. The molecule has 1 saturated heterocycles. The number of halogens is 1. The minimum Gasteiger partial charge on any atom is -0.456 e. The predicted octanol–water partition coefficient (Wildman–Crippen LogP) is 0.470. The number of tetrazole rings is 1. The second kappa shape index (κ2) is 8.87. The molecule has 10 heteroatoms. The number of rotatable bonds is 7. The van der Waals surface area contributed by atoms with Crippen LogP contribution in [0.3, 0.4) is 0 Å². The molecule has 0 spiro atoms. The molecule has 1 fully saturated rings. The maximum Gasteiger partial charge on any atom is 0.329 e. The number of benzene rings is 1. The largest absolute Gasteiger partial charge is 0.456 e. The lowest BCUT2D eigenvalue weighted by molar-refractivity contribution is -0.154. The molecule has 9 nitrogen and oxygen atoms in total. The van der Waals surface area contributed by atoms with E-state index in [-0.39, 0.29) is 31.6 Å². The molecule has 1 amide bonds. The molecule has 1 N–H and O–H groups in total. The number of esters is 1. The van der Waals surface area contributed by atoms with Crippen molar-refractivity contribution in [2.24, 2.45) is 0 Å². The number of aliphatic hydroxyl groups excluding tert-OH is 1. The van der Waals surface area contributed by atoms with Gasteiger partial charge >= 0.3 is 5.97 Å². The lowest BCUT2D eigenvalue weighted by Crippen LogP contribution is -2.42. The third-order valence-corrected chi connectivity index (χ3v) is 4.56. The summed E-state index contributed by atoms with van der Waals surface area (Å²) in [4.78, 5) is 26.4. The van der Waals surface area contributed by atoms with Crippen molar-refractivity contribution in [1.82, 2.24) is 25.1 Å². The molecule has 1 aliphatic rings. The summed E-state index contributed by atoms with van der Waals surface area (Å²) >= 11 is 0. The van der Waals surface area contributed by atoms with Gasteiger partial charge in [-0.1, -0.05) is 25.1 Å². The van der Waals surface area contributed by atoms with E-state index in [0.717, 1.165) is 6.42 Å². The van der Waals surface area contributed by atoms with Crippen molar-refractivity contribution >= 4 is 11.9 Å². The molecule has 150 valence electrons. The van der Waals surface area contributed by atoms with Crippen LogP contribution in [0.4, 0.5) is 4.39 Å². The first kappa shape index (κ1) is 19.9. The van der Waals surface area contributed by atoms with Gasteiger partial charge in [0.25, 0.3) is 0 Å². The second-order valence-electron chi connectivity index (χ2n) is 6.65. The van der Waals surface area contributed by atoms with Crippen LogP contribution < -0.4 is 0 Å². The number of aryl methyl sites for hydroxylation is 1. The molecule has 28 heavy (non-hydrogen) atoms. The average Bonchev–Trinajstić information content (AvgIpc) is 3.28. The van der Waals surface area contributed by atoms with Crippen LogP contribution in [0.2, 0.25) is 0 Å². The van der Waals surface area contributed by atoms with Crippen LogP contribution in [0.1, 0.15) is 31.2 Å². The van der Waals surface area contributed by atoms with Gasteiger partial charge in [0.1, 0.15) is 11.9 Å². The van der Waals surface area contributed by atoms with Gasteiger partial charge in [0.05, 0.1) is 12.5 Å². The molecule has 2 heterocycles. The molecular weight excluding hydrogens is 369 g/mol. The van der Waals surface area contributed by atoms with E-state index < -0.39 is 29.8 Å². The van der Waals surface area contributed by atoms with Crippen molar-refractivity contribution in [2.75, 3.05) is 6.54 Å². The van der Waals surface area contributed by atoms with E-state index >= 15 is 0 Å². The van der Waals surface area contributed by atoms with Gasteiger partial charge in [0.2, 0.25) is 5.91 Å². The van der Waals surface area contributed by atoms with Crippen molar-refractivity contribution in [3.8, 4) is 0 Å². The summed E-state index contributed by atoms with van der Waals surface area (Å²) in [7, 11) is 0. The van der Waals surface area contributed by atoms with Crippen LogP contribution >= 0.6 is 0 Å². The summed E-state index contributed by atoms with van der Waals surface area (Å²) < 4.78 is 20.6. The normalized spacial score (nSPS) is 19.0. The number of carbonyl (C=O) groups excluding carboxylic acids is 2. The summed E-state index contributed by atoms with van der Waals surface area (Å²) in [5, 5.41) is 21.1. The van der Waals surface area contributed by atoms with Gasteiger partial charge in [-0.2, -0.15) is 0 Å². The quantitative estimate of drug-likeness (QED) is 0.683. The zero-order valence-electron chi connectivity index (χ0n) is 15.5. The Bertz CT molecular complexity index is 843. The maximum atomic E-state index is 13.8. The molecule has 2 atom stereocenters. The molecule has 1 aromatic heterocycles. The molecule has 0 saturated carbocycles. The number of aromatic nitrogens is 4. The standard InChI is InChI=1S/C18H22FN5O4/c1-2-7-24-16(20-21-22-24)11-28-18(27)15-9-13(25)10-23(15)17(26)8-12-5-3-4-6-14(12)19/h3-6,13,15,25H,2,7-11H2,1H3. The van der Waals surface area contributed by atoms with E-state index in [1.54, 1.807) is 6.07 Å². The van der Waals surface area contributed by atoms with E-state index in [1.807, 2.05) is 6.92 Å². The van der Waals surface area contributed by atoms with Crippen LogP contribution in [0.15, 0.2) is 24.3 Å². The van der Waals surface area contributed by atoms with Crippen LogP contribution in [-0.4, -0.2) is 60.8 Å². The van der Waals surface area contributed by atoms with Gasteiger partial charge < -0.3 is 14.7 Å². The summed E-state index contributed by atoms with van der Waals surface area (Å²) in [5.41, 5.74) is 0.236. The molecular formula is C18H22FN5O4. The van der Waals surface area contributed by atoms with Gasteiger partial charge in [-0.3, -0.25) is 4.79 Å². The van der Waals surface area contributed by atoms with E-state index in [1.165, 1.54) is 27.8 Å². The summed E-state index contributed by atoms with van der Waals surface area (Å²) in [6.07, 6.45) is -0.147. The van der Waals surface area contributed by atoms with Gasteiger partial charge in [-0.15, -0.1) is 5.10 Å². The minimum absolute atomic E-state index is 0.000620. The second-order valence-corrected chi connectivity index (χ2v) is 6.65. The Kier molecular flexibility index (Phi) is 6.30. The van der Waals surface area contributed by atoms with E-state index in [4.69, 9.17) is 4.74 Å². The highest BCUT2D eigenvalue weighted by Gasteiger charge is 2.40. The highest BCUT2D eigenvalue weighted by Crippen LogP contribution is 2.21. The fraction of sp³-hybridized carbons (Fsp3) is 0.500. The Morgan fingerprint density at radius 3 is 2.89 bits per heavy atom. The number of carbonyl (C=O) groups is 2. The number of amides is 1. The van der Waals surface area contributed by atoms with E-state index in [9.17, 15) is 19.1 Å². The van der Waals surface area contributed by atoms with Crippen LogP contribution in [0.25, 0.3) is 0 Å². The Morgan fingerprint density at radius 1 is 1.36 bits per heavy atom. The molecule has 1 aliphatic heterocycles. The fourth-order valence-electron chi connectivity index (χ4n) is 3.16. The topological polar surface area (TPSA) is 110 Å². The Morgan fingerprint density at radius 2 is 2.14 bits per heavy atom. The first-order valence-electron chi connectivity index (χ1n) is 9.12. The van der Waals surface area contributed by atoms with Crippen LogP contribution in [-0.2, 0) is 33.9 Å². The smallest absolute Gasteiger partial charge is 0.329 e. The number of hydrogen-bond donors (Lipinski definition) is 1. The third-order valence-electron chi connectivity index (χ3n) is 4.56. The molecule has 2 aromatic rings. The number of nitrogens with zero attached hydrogens (tertiary/aromatic N) is 5. The first-order chi connectivity index (χ1) is 13.5. The van der Waals surface area contributed by atoms with E-state index in [2.05, 4.69) is 15.5 Å². The SMILES string of the molecule is CCCn1nnnc1COC(=O)C1CC(O)CN1C(=O)Cc1ccccc1F. The molecule has 1 aromatic carbocycles. The van der Waals surface area contributed by atoms with Gasteiger partial charge in [-0.25, -0.2) is 13.9 Å². The summed E-state index contributed by atoms with van der Waals surface area (Å²) in [6, 6.07) is 5.03.